The van der Waals surface area contributed by atoms with Gasteiger partial charge in [-0.3, -0.25) is 9.59 Å². The van der Waals surface area contributed by atoms with Gasteiger partial charge < -0.3 is 15.0 Å². The number of amides is 2. The molecule has 0 unspecified atom stereocenters. The zero-order valence-corrected chi connectivity index (χ0v) is 24.2. The molecule has 218 valence electrons. The number of ether oxygens (including phenoxy) is 1. The fraction of sp³-hybridized carbons (Fsp3) is 0.0556. The predicted octanol–water partition coefficient (Wildman–Crippen LogP) is 6.05. The lowest BCUT2D eigenvalue weighted by Gasteiger charge is -2.12. The van der Waals surface area contributed by atoms with Crippen LogP contribution in [0, 0.1) is 0 Å². The molecule has 8 nitrogen and oxygen atoms in total. The lowest BCUT2D eigenvalue weighted by molar-refractivity contribution is -0.117. The SMILES string of the molecule is CN(C)c1ccc(/C=C(\NC(=O)c2ccccc2)C(=O)N/N=C\c2ccc(OC(=O)c3cccc4ccccc34)cc2)cc1. The Hall–Kier alpha value is -6.02. The van der Waals surface area contributed by atoms with Gasteiger partial charge in [-0.1, -0.05) is 66.7 Å². The molecule has 0 atom stereocenters. The van der Waals surface area contributed by atoms with E-state index in [0.29, 0.717) is 22.4 Å². The number of benzene rings is 5. The zero-order valence-electron chi connectivity index (χ0n) is 24.2. The maximum absolute atomic E-state index is 13.1. The third-order valence-electron chi connectivity index (χ3n) is 6.73. The van der Waals surface area contributed by atoms with E-state index in [1.165, 1.54) is 6.21 Å². The molecule has 0 bridgehead atoms. The highest BCUT2D eigenvalue weighted by Crippen LogP contribution is 2.21. The number of anilines is 1. The van der Waals surface area contributed by atoms with Crippen LogP contribution in [0.5, 0.6) is 5.75 Å². The first-order chi connectivity index (χ1) is 21.4. The van der Waals surface area contributed by atoms with Gasteiger partial charge in [-0.15, -0.1) is 0 Å². The van der Waals surface area contributed by atoms with E-state index < -0.39 is 17.8 Å². The van der Waals surface area contributed by atoms with Crippen molar-refractivity contribution in [1.29, 1.82) is 0 Å². The summed E-state index contributed by atoms with van der Waals surface area (Å²) < 4.78 is 5.58. The highest BCUT2D eigenvalue weighted by atomic mass is 16.5. The van der Waals surface area contributed by atoms with Gasteiger partial charge in [0.15, 0.2) is 0 Å². The Labute approximate surface area is 255 Å². The van der Waals surface area contributed by atoms with Gasteiger partial charge in [0, 0.05) is 25.3 Å². The third kappa shape index (κ3) is 7.43. The van der Waals surface area contributed by atoms with Crippen LogP contribution in [0.25, 0.3) is 16.8 Å². The van der Waals surface area contributed by atoms with E-state index >= 15 is 0 Å². The van der Waals surface area contributed by atoms with Crippen LogP contribution < -0.4 is 20.4 Å². The predicted molar refractivity (Wildman–Crippen MR) is 174 cm³/mol. The summed E-state index contributed by atoms with van der Waals surface area (Å²) in [6.45, 7) is 0. The monoisotopic (exact) mass is 582 g/mol. The maximum atomic E-state index is 13.1. The van der Waals surface area contributed by atoms with E-state index in [9.17, 15) is 14.4 Å². The van der Waals surface area contributed by atoms with Crippen LogP contribution in [0.2, 0.25) is 0 Å². The van der Waals surface area contributed by atoms with Crippen molar-refractivity contribution in [2.24, 2.45) is 5.10 Å². The van der Waals surface area contributed by atoms with E-state index in [2.05, 4.69) is 15.8 Å². The minimum absolute atomic E-state index is 0.0318. The van der Waals surface area contributed by atoms with Gasteiger partial charge in [-0.25, -0.2) is 10.2 Å². The van der Waals surface area contributed by atoms with Crippen LogP contribution in [0.1, 0.15) is 31.8 Å². The summed E-state index contributed by atoms with van der Waals surface area (Å²) in [5, 5.41) is 8.53. The molecular weight excluding hydrogens is 552 g/mol. The molecule has 2 amide bonds. The molecule has 0 aromatic heterocycles. The molecule has 0 aliphatic heterocycles. The van der Waals surface area contributed by atoms with E-state index in [1.807, 2.05) is 85.7 Å². The molecule has 5 aromatic carbocycles. The van der Waals surface area contributed by atoms with Crippen LogP contribution in [0.4, 0.5) is 5.69 Å². The van der Waals surface area contributed by atoms with Gasteiger partial charge >= 0.3 is 5.97 Å². The molecule has 0 radical (unpaired) electrons. The van der Waals surface area contributed by atoms with Crippen molar-refractivity contribution in [3.63, 3.8) is 0 Å². The average Bonchev–Trinajstić information content (AvgIpc) is 3.05. The van der Waals surface area contributed by atoms with Crippen molar-refractivity contribution in [3.8, 4) is 5.75 Å². The molecule has 0 saturated carbocycles. The van der Waals surface area contributed by atoms with Gasteiger partial charge in [-0.2, -0.15) is 5.10 Å². The normalized spacial score (nSPS) is 11.3. The number of esters is 1. The van der Waals surface area contributed by atoms with Crippen molar-refractivity contribution in [2.45, 2.75) is 0 Å². The van der Waals surface area contributed by atoms with Crippen molar-refractivity contribution < 1.29 is 19.1 Å². The van der Waals surface area contributed by atoms with Crippen LogP contribution in [-0.2, 0) is 4.79 Å². The second-order valence-corrected chi connectivity index (χ2v) is 10.0. The topological polar surface area (TPSA) is 100 Å². The first-order valence-corrected chi connectivity index (χ1v) is 13.9. The molecule has 0 aliphatic rings. The minimum atomic E-state index is -0.595. The first-order valence-electron chi connectivity index (χ1n) is 13.9. The van der Waals surface area contributed by atoms with E-state index in [0.717, 1.165) is 22.0 Å². The largest absolute Gasteiger partial charge is 0.423 e. The van der Waals surface area contributed by atoms with Crippen molar-refractivity contribution in [1.82, 2.24) is 10.7 Å². The quantitative estimate of drug-likeness (QED) is 0.0725. The maximum Gasteiger partial charge on any atom is 0.344 e. The number of carbonyl (C=O) groups excluding carboxylic acids is 3. The molecule has 44 heavy (non-hydrogen) atoms. The van der Waals surface area contributed by atoms with E-state index in [4.69, 9.17) is 4.74 Å². The summed E-state index contributed by atoms with van der Waals surface area (Å²) in [6.07, 6.45) is 3.04. The highest BCUT2D eigenvalue weighted by Gasteiger charge is 2.15. The minimum Gasteiger partial charge on any atom is -0.423 e. The Kier molecular flexibility index (Phi) is 9.22. The molecule has 0 fully saturated rings. The van der Waals surface area contributed by atoms with Crippen LogP contribution in [0.15, 0.2) is 132 Å². The molecule has 0 heterocycles. The summed E-state index contributed by atoms with van der Waals surface area (Å²) in [7, 11) is 3.88. The molecule has 0 aliphatic carbocycles. The van der Waals surface area contributed by atoms with Crippen LogP contribution >= 0.6 is 0 Å². The fourth-order valence-corrected chi connectivity index (χ4v) is 4.39. The molecule has 0 spiro atoms. The highest BCUT2D eigenvalue weighted by molar-refractivity contribution is 6.06. The Morgan fingerprint density at radius 2 is 1.39 bits per heavy atom. The lowest BCUT2D eigenvalue weighted by Crippen LogP contribution is -2.32. The Balaban J connectivity index is 1.26. The summed E-state index contributed by atoms with van der Waals surface area (Å²) in [5.74, 6) is -1.10. The summed E-state index contributed by atoms with van der Waals surface area (Å²) in [4.78, 5) is 40.8. The number of carbonyl (C=O) groups is 3. The van der Waals surface area contributed by atoms with Gasteiger partial charge in [0.1, 0.15) is 11.4 Å². The Bertz CT molecular complexity index is 1840. The lowest BCUT2D eigenvalue weighted by atomic mass is 10.0. The van der Waals surface area contributed by atoms with Gasteiger partial charge in [-0.05, 0) is 82.6 Å². The Morgan fingerprint density at radius 1 is 0.727 bits per heavy atom. The second kappa shape index (κ2) is 13.8. The number of hydrogen-bond donors (Lipinski definition) is 2. The standard InChI is InChI=1S/C36H30N4O4/c1-40(2)29-19-15-25(16-20-29)23-33(38-34(41)28-10-4-3-5-11-28)35(42)39-37-24-26-17-21-30(22-18-26)44-36(43)32-14-8-12-27-9-6-7-13-31(27)32/h3-24H,1-2H3,(H,38,41)(H,39,42)/b33-23-,37-24-. The van der Waals surface area contributed by atoms with Crippen LogP contribution in [0.3, 0.4) is 0 Å². The number of rotatable bonds is 9. The zero-order chi connectivity index (χ0) is 30.9. The molecule has 8 heteroatoms. The molecule has 2 N–H and O–H groups in total. The smallest absolute Gasteiger partial charge is 0.344 e. The Morgan fingerprint density at radius 3 is 2.11 bits per heavy atom. The average molecular weight is 583 g/mol. The van der Waals surface area contributed by atoms with Gasteiger partial charge in [0.05, 0.1) is 11.8 Å². The van der Waals surface area contributed by atoms with E-state index in [1.54, 1.807) is 60.7 Å². The number of hydrazone groups is 1. The summed E-state index contributed by atoms with van der Waals surface area (Å²) in [5.41, 5.74) is 5.79. The molecule has 0 saturated heterocycles. The van der Waals surface area contributed by atoms with Crippen molar-refractivity contribution in [2.75, 3.05) is 19.0 Å². The number of hydrogen-bond acceptors (Lipinski definition) is 6. The summed E-state index contributed by atoms with van der Waals surface area (Å²) >= 11 is 0. The summed E-state index contributed by atoms with van der Waals surface area (Å²) in [6, 6.07) is 36.0. The van der Waals surface area contributed by atoms with Gasteiger partial charge in [0.25, 0.3) is 11.8 Å². The fourth-order valence-electron chi connectivity index (χ4n) is 4.39. The van der Waals surface area contributed by atoms with Crippen LogP contribution in [-0.4, -0.2) is 38.1 Å². The van der Waals surface area contributed by atoms with Gasteiger partial charge in [0.2, 0.25) is 0 Å². The number of nitrogens with zero attached hydrogens (tertiary/aromatic N) is 2. The van der Waals surface area contributed by atoms with Crippen molar-refractivity contribution >= 4 is 46.5 Å². The molecule has 5 rings (SSSR count). The van der Waals surface area contributed by atoms with E-state index in [-0.39, 0.29) is 5.70 Å². The third-order valence-corrected chi connectivity index (χ3v) is 6.73. The number of fused-ring (bicyclic) bond motifs is 1. The molecule has 5 aromatic rings. The van der Waals surface area contributed by atoms with Crippen molar-refractivity contribution in [3.05, 3.63) is 149 Å². The second-order valence-electron chi connectivity index (χ2n) is 10.0. The first kappa shape index (κ1) is 29.5. The number of nitrogens with one attached hydrogen (secondary N) is 2. The molecular formula is C36H30N4O4.